The molecule has 0 saturated heterocycles. The number of halogens is 1. The van der Waals surface area contributed by atoms with Crippen LogP contribution in [0.4, 0.5) is 0 Å². The largest absolute Gasteiger partial charge is 0.149 e. The lowest BCUT2D eigenvalue weighted by atomic mass is 10.1. The Balaban J connectivity index is 1.74. The molecule has 12 heavy (non-hydrogen) atoms. The van der Waals surface area contributed by atoms with Crippen LogP contribution < -0.4 is 0 Å². The van der Waals surface area contributed by atoms with E-state index in [-0.39, 0.29) is 0 Å². The van der Waals surface area contributed by atoms with E-state index in [1.165, 1.54) is 24.1 Å². The van der Waals surface area contributed by atoms with E-state index in [9.17, 15) is 0 Å². The molecule has 1 atom stereocenters. The monoisotopic (exact) mass is 200 g/mol. The SMILES string of the molecule is ClC(CCc1cccs1)C1CC1. The Morgan fingerprint density at radius 3 is 3.00 bits per heavy atom. The lowest BCUT2D eigenvalue weighted by Gasteiger charge is -2.05. The van der Waals surface area contributed by atoms with Crippen LogP contribution in [0.3, 0.4) is 0 Å². The molecule has 1 fully saturated rings. The van der Waals surface area contributed by atoms with Crippen molar-refractivity contribution in [3.8, 4) is 0 Å². The number of hydrogen-bond acceptors (Lipinski definition) is 1. The third-order valence-electron chi connectivity index (χ3n) is 2.38. The first-order valence-corrected chi connectivity index (χ1v) is 5.84. The highest BCUT2D eigenvalue weighted by molar-refractivity contribution is 7.09. The average molecular weight is 201 g/mol. The molecule has 2 heteroatoms. The van der Waals surface area contributed by atoms with Crippen LogP contribution in [-0.4, -0.2) is 5.38 Å². The van der Waals surface area contributed by atoms with Gasteiger partial charge in [0, 0.05) is 10.3 Å². The van der Waals surface area contributed by atoms with Crippen molar-refractivity contribution in [2.75, 3.05) is 0 Å². The Labute approximate surface area is 82.6 Å². The summed E-state index contributed by atoms with van der Waals surface area (Å²) in [7, 11) is 0. The lowest BCUT2D eigenvalue weighted by Crippen LogP contribution is -2.01. The maximum atomic E-state index is 6.20. The normalized spacial score (nSPS) is 19.4. The third kappa shape index (κ3) is 2.24. The average Bonchev–Trinajstić information content (AvgIpc) is 2.80. The van der Waals surface area contributed by atoms with Crippen LogP contribution in [-0.2, 0) is 6.42 Å². The molecule has 0 aromatic carbocycles. The van der Waals surface area contributed by atoms with E-state index < -0.39 is 0 Å². The van der Waals surface area contributed by atoms with Crippen LogP contribution in [0.1, 0.15) is 24.1 Å². The fourth-order valence-corrected chi connectivity index (χ4v) is 2.51. The molecule has 1 aromatic rings. The molecule has 1 unspecified atom stereocenters. The number of thiophene rings is 1. The molecule has 1 saturated carbocycles. The van der Waals surface area contributed by atoms with E-state index in [0.29, 0.717) is 5.38 Å². The smallest absolute Gasteiger partial charge is 0.0367 e. The van der Waals surface area contributed by atoms with E-state index in [1.54, 1.807) is 0 Å². The van der Waals surface area contributed by atoms with E-state index in [0.717, 1.165) is 12.3 Å². The molecule has 0 radical (unpaired) electrons. The van der Waals surface area contributed by atoms with Gasteiger partial charge >= 0.3 is 0 Å². The Morgan fingerprint density at radius 2 is 2.42 bits per heavy atom. The Hall–Kier alpha value is -0.0100. The van der Waals surface area contributed by atoms with E-state index in [1.807, 2.05) is 11.3 Å². The molecule has 0 bridgehead atoms. The summed E-state index contributed by atoms with van der Waals surface area (Å²) in [5.41, 5.74) is 0. The predicted molar refractivity (Wildman–Crippen MR) is 55.0 cm³/mol. The van der Waals surface area contributed by atoms with Gasteiger partial charge in [0.05, 0.1) is 0 Å². The van der Waals surface area contributed by atoms with Crippen molar-refractivity contribution in [2.24, 2.45) is 5.92 Å². The summed E-state index contributed by atoms with van der Waals surface area (Å²) in [5.74, 6) is 0.839. The number of rotatable bonds is 4. The van der Waals surface area contributed by atoms with Crippen molar-refractivity contribution in [2.45, 2.75) is 31.1 Å². The first-order chi connectivity index (χ1) is 5.86. The van der Waals surface area contributed by atoms with Crippen molar-refractivity contribution in [3.05, 3.63) is 22.4 Å². The van der Waals surface area contributed by atoms with Crippen molar-refractivity contribution in [1.29, 1.82) is 0 Å². The molecule has 1 aromatic heterocycles. The van der Waals surface area contributed by atoms with Crippen LogP contribution in [0.15, 0.2) is 17.5 Å². The first kappa shape index (κ1) is 8.58. The molecule has 0 spiro atoms. The van der Waals surface area contributed by atoms with Gasteiger partial charge in [-0.1, -0.05) is 6.07 Å². The summed E-state index contributed by atoms with van der Waals surface area (Å²) in [6, 6.07) is 4.31. The molecule has 1 aliphatic carbocycles. The lowest BCUT2D eigenvalue weighted by molar-refractivity contribution is 0.680. The molecular weight excluding hydrogens is 188 g/mol. The third-order valence-corrected chi connectivity index (χ3v) is 3.89. The van der Waals surface area contributed by atoms with Crippen molar-refractivity contribution in [1.82, 2.24) is 0 Å². The van der Waals surface area contributed by atoms with E-state index in [4.69, 9.17) is 11.6 Å². The topological polar surface area (TPSA) is 0 Å². The van der Waals surface area contributed by atoms with Crippen LogP contribution in [0.2, 0.25) is 0 Å². The first-order valence-electron chi connectivity index (χ1n) is 4.53. The minimum Gasteiger partial charge on any atom is -0.149 e. The summed E-state index contributed by atoms with van der Waals surface area (Å²) in [6.07, 6.45) is 5.05. The van der Waals surface area contributed by atoms with Gasteiger partial charge in [-0.25, -0.2) is 0 Å². The van der Waals surface area contributed by atoms with Crippen molar-refractivity contribution < 1.29 is 0 Å². The molecule has 1 heterocycles. The van der Waals surface area contributed by atoms with Gasteiger partial charge in [0.1, 0.15) is 0 Å². The zero-order chi connectivity index (χ0) is 8.39. The van der Waals surface area contributed by atoms with E-state index in [2.05, 4.69) is 17.5 Å². The second-order valence-corrected chi connectivity index (χ2v) is 5.06. The highest BCUT2D eigenvalue weighted by Crippen LogP contribution is 2.37. The van der Waals surface area contributed by atoms with Gasteiger partial charge in [0.2, 0.25) is 0 Å². The Kier molecular flexibility index (Phi) is 2.72. The van der Waals surface area contributed by atoms with Crippen LogP contribution in [0.25, 0.3) is 0 Å². The zero-order valence-corrected chi connectivity index (χ0v) is 8.57. The molecule has 1 aliphatic rings. The second-order valence-electron chi connectivity index (χ2n) is 3.47. The fourth-order valence-electron chi connectivity index (χ4n) is 1.43. The second kappa shape index (κ2) is 3.80. The zero-order valence-electron chi connectivity index (χ0n) is 7.00. The summed E-state index contributed by atoms with van der Waals surface area (Å²) in [6.45, 7) is 0. The van der Waals surface area contributed by atoms with Gasteiger partial charge in [-0.15, -0.1) is 22.9 Å². The predicted octanol–water partition coefficient (Wildman–Crippen LogP) is 3.70. The Bertz CT molecular complexity index is 226. The summed E-state index contributed by atoms with van der Waals surface area (Å²) >= 11 is 8.04. The maximum absolute atomic E-state index is 6.20. The molecular formula is C10H13ClS. The molecule has 0 aliphatic heterocycles. The van der Waals surface area contributed by atoms with Crippen LogP contribution in [0, 0.1) is 5.92 Å². The van der Waals surface area contributed by atoms with Crippen LogP contribution in [0.5, 0.6) is 0 Å². The fraction of sp³-hybridized carbons (Fsp3) is 0.600. The minimum absolute atomic E-state index is 0.437. The highest BCUT2D eigenvalue weighted by Gasteiger charge is 2.29. The van der Waals surface area contributed by atoms with Gasteiger partial charge < -0.3 is 0 Å². The maximum Gasteiger partial charge on any atom is 0.0367 e. The standard InChI is InChI=1S/C10H13ClS/c11-10(8-3-4-8)6-5-9-2-1-7-12-9/h1-2,7-8,10H,3-6H2. The quantitative estimate of drug-likeness (QED) is 0.651. The number of hydrogen-bond donors (Lipinski definition) is 0. The van der Waals surface area contributed by atoms with Gasteiger partial charge in [0.15, 0.2) is 0 Å². The molecule has 0 amide bonds. The molecule has 0 nitrogen and oxygen atoms in total. The minimum atomic E-state index is 0.437. The van der Waals surface area contributed by atoms with Gasteiger partial charge in [0.25, 0.3) is 0 Å². The van der Waals surface area contributed by atoms with E-state index >= 15 is 0 Å². The summed E-state index contributed by atoms with van der Waals surface area (Å²) in [4.78, 5) is 1.47. The van der Waals surface area contributed by atoms with Gasteiger partial charge in [-0.3, -0.25) is 0 Å². The van der Waals surface area contributed by atoms with Crippen molar-refractivity contribution in [3.63, 3.8) is 0 Å². The molecule has 66 valence electrons. The summed E-state index contributed by atoms with van der Waals surface area (Å²) in [5, 5.41) is 2.57. The summed E-state index contributed by atoms with van der Waals surface area (Å²) < 4.78 is 0. The highest BCUT2D eigenvalue weighted by atomic mass is 35.5. The molecule has 0 N–H and O–H groups in total. The number of aryl methyl sites for hydroxylation is 1. The molecule has 2 rings (SSSR count). The number of alkyl halides is 1. The van der Waals surface area contributed by atoms with Gasteiger partial charge in [-0.2, -0.15) is 0 Å². The van der Waals surface area contributed by atoms with Gasteiger partial charge in [-0.05, 0) is 43.0 Å². The Morgan fingerprint density at radius 1 is 1.58 bits per heavy atom. The van der Waals surface area contributed by atoms with Crippen LogP contribution >= 0.6 is 22.9 Å². The van der Waals surface area contributed by atoms with Crippen molar-refractivity contribution >= 4 is 22.9 Å².